The van der Waals surface area contributed by atoms with Crippen LogP contribution >= 0.6 is 11.3 Å². The molecule has 0 bridgehead atoms. The summed E-state index contributed by atoms with van der Waals surface area (Å²) in [5.41, 5.74) is 3.03. The molecule has 0 aliphatic carbocycles. The van der Waals surface area contributed by atoms with Gasteiger partial charge in [0.25, 0.3) is 5.91 Å². The summed E-state index contributed by atoms with van der Waals surface area (Å²) in [6, 6.07) is 26.7. The second kappa shape index (κ2) is 9.70. The van der Waals surface area contributed by atoms with Crippen molar-refractivity contribution < 1.29 is 19.2 Å². The summed E-state index contributed by atoms with van der Waals surface area (Å²) >= 11 is 1.44. The maximum absolute atomic E-state index is 14.6. The number of thiophene rings is 1. The molecule has 6 aliphatic heterocycles. The zero-order valence-corrected chi connectivity index (χ0v) is 26.6. The van der Waals surface area contributed by atoms with Crippen LogP contribution in [0.3, 0.4) is 0 Å². The number of hydrogen-bond acceptors (Lipinski definition) is 7. The molecule has 10 rings (SSSR count). The van der Waals surface area contributed by atoms with Crippen molar-refractivity contribution in [2.24, 2.45) is 0 Å². The SMILES string of the molecule is O=C1N[C@@H](Cc2ccccc2)C(=O)N2[C@H]3Nc4ccccc4C3(C34C[C@H]5C(=O)N[C@@H](c6cccs6)C(=O)N5[C@H]3Nc3ccccc34)C[C@@H]12. The Morgan fingerprint density at radius 3 is 1.79 bits per heavy atom. The van der Waals surface area contributed by atoms with E-state index in [0.29, 0.717) is 19.3 Å². The summed E-state index contributed by atoms with van der Waals surface area (Å²) in [7, 11) is 0. The predicted octanol–water partition coefficient (Wildman–Crippen LogP) is 3.24. The van der Waals surface area contributed by atoms with E-state index < -0.39 is 47.3 Å². The van der Waals surface area contributed by atoms with Crippen molar-refractivity contribution in [2.45, 2.75) is 66.6 Å². The number of nitrogens with zero attached hydrogens (tertiary/aromatic N) is 2. The minimum Gasteiger partial charge on any atom is -0.364 e. The second-order valence-electron chi connectivity index (χ2n) is 13.8. The van der Waals surface area contributed by atoms with Gasteiger partial charge in [-0.3, -0.25) is 19.2 Å². The van der Waals surface area contributed by atoms with Crippen molar-refractivity contribution in [3.8, 4) is 0 Å². The molecule has 0 spiro atoms. The average Bonchev–Trinajstić information content (AvgIpc) is 3.91. The van der Waals surface area contributed by atoms with Gasteiger partial charge in [0.1, 0.15) is 36.5 Å². The highest BCUT2D eigenvalue weighted by atomic mass is 32.1. The molecule has 1 aromatic heterocycles. The molecule has 6 aliphatic rings. The van der Waals surface area contributed by atoms with Crippen LogP contribution in [0, 0.1) is 0 Å². The Morgan fingerprint density at radius 2 is 1.19 bits per heavy atom. The van der Waals surface area contributed by atoms with Gasteiger partial charge in [0.05, 0.1) is 10.8 Å². The minimum atomic E-state index is -0.858. The van der Waals surface area contributed by atoms with Crippen LogP contribution in [0.1, 0.15) is 40.5 Å². The van der Waals surface area contributed by atoms with E-state index in [2.05, 4.69) is 33.4 Å². The molecule has 7 heterocycles. The number of rotatable bonds is 4. The van der Waals surface area contributed by atoms with Gasteiger partial charge in [-0.2, -0.15) is 0 Å². The predicted molar refractivity (Wildman–Crippen MR) is 179 cm³/mol. The molecule has 4 N–H and O–H groups in total. The van der Waals surface area contributed by atoms with Crippen molar-refractivity contribution in [3.63, 3.8) is 0 Å². The largest absolute Gasteiger partial charge is 0.364 e. The normalized spacial score (nSPS) is 33.8. The first kappa shape index (κ1) is 27.9. The van der Waals surface area contributed by atoms with Crippen molar-refractivity contribution >= 4 is 46.3 Å². The number of para-hydroxylation sites is 2. The molecule has 8 atom stereocenters. The van der Waals surface area contributed by atoms with Crippen molar-refractivity contribution in [1.82, 2.24) is 20.4 Å². The van der Waals surface area contributed by atoms with E-state index in [1.165, 1.54) is 11.3 Å². The fraction of sp³-hybridized carbons (Fsp3) is 0.297. The van der Waals surface area contributed by atoms with Gasteiger partial charge in [0, 0.05) is 22.7 Å². The molecule has 0 saturated carbocycles. The number of piperazine rings is 2. The van der Waals surface area contributed by atoms with Gasteiger partial charge in [-0.05, 0) is 53.1 Å². The smallest absolute Gasteiger partial charge is 0.252 e. The lowest BCUT2D eigenvalue weighted by molar-refractivity contribution is -0.149. The van der Waals surface area contributed by atoms with E-state index >= 15 is 0 Å². The number of nitrogens with one attached hydrogen (secondary N) is 4. The van der Waals surface area contributed by atoms with Crippen LogP contribution in [-0.4, -0.2) is 63.9 Å². The molecule has 4 saturated heterocycles. The number of amides is 4. The Labute approximate surface area is 280 Å². The Bertz CT molecular complexity index is 2040. The molecule has 0 radical (unpaired) electrons. The number of anilines is 2. The van der Waals surface area contributed by atoms with Gasteiger partial charge in [-0.25, -0.2) is 0 Å². The van der Waals surface area contributed by atoms with E-state index in [4.69, 9.17) is 0 Å². The van der Waals surface area contributed by atoms with E-state index in [1.807, 2.05) is 84.2 Å². The van der Waals surface area contributed by atoms with Crippen LogP contribution < -0.4 is 21.3 Å². The lowest BCUT2D eigenvalue weighted by Crippen LogP contribution is -2.66. The highest BCUT2D eigenvalue weighted by molar-refractivity contribution is 7.10. The van der Waals surface area contributed by atoms with Gasteiger partial charge in [-0.1, -0.05) is 72.8 Å². The van der Waals surface area contributed by atoms with Crippen LogP contribution in [0.2, 0.25) is 0 Å². The molecular formula is C37H32N6O4S. The maximum atomic E-state index is 14.6. The van der Waals surface area contributed by atoms with E-state index in [1.54, 1.807) is 9.80 Å². The van der Waals surface area contributed by atoms with Gasteiger partial charge in [0.2, 0.25) is 17.7 Å². The third kappa shape index (κ3) is 3.36. The molecule has 3 aromatic carbocycles. The van der Waals surface area contributed by atoms with E-state index in [-0.39, 0.29) is 23.6 Å². The van der Waals surface area contributed by atoms with Crippen molar-refractivity contribution in [3.05, 3.63) is 118 Å². The Kier molecular flexibility index (Phi) is 5.64. The van der Waals surface area contributed by atoms with Crippen LogP contribution in [0.5, 0.6) is 0 Å². The maximum Gasteiger partial charge on any atom is 0.252 e. The number of benzene rings is 3. The van der Waals surface area contributed by atoms with Gasteiger partial charge >= 0.3 is 0 Å². The van der Waals surface area contributed by atoms with E-state index in [0.717, 1.165) is 32.9 Å². The molecule has 2 unspecified atom stereocenters. The van der Waals surface area contributed by atoms with Crippen molar-refractivity contribution in [1.29, 1.82) is 0 Å². The van der Waals surface area contributed by atoms with Gasteiger partial charge in [-0.15, -0.1) is 11.3 Å². The zero-order chi connectivity index (χ0) is 32.4. The summed E-state index contributed by atoms with van der Waals surface area (Å²) in [5.74, 6) is -0.669. The summed E-state index contributed by atoms with van der Waals surface area (Å²) in [6.07, 6.45) is -0.106. The summed E-state index contributed by atoms with van der Waals surface area (Å²) in [6.45, 7) is 0. The third-order valence-electron chi connectivity index (χ3n) is 11.8. The van der Waals surface area contributed by atoms with Crippen molar-refractivity contribution in [2.75, 3.05) is 10.6 Å². The lowest BCUT2D eigenvalue weighted by Gasteiger charge is -2.48. The van der Waals surface area contributed by atoms with Crippen LogP contribution in [0.25, 0.3) is 0 Å². The molecule has 4 fully saturated rings. The Hall–Kier alpha value is -5.16. The number of carbonyl (C=O) groups is 4. The van der Waals surface area contributed by atoms with Gasteiger partial charge < -0.3 is 31.1 Å². The first-order valence-corrected chi connectivity index (χ1v) is 17.3. The molecule has 240 valence electrons. The Morgan fingerprint density at radius 1 is 0.625 bits per heavy atom. The van der Waals surface area contributed by atoms with Crippen LogP contribution in [0.4, 0.5) is 11.4 Å². The third-order valence-corrected chi connectivity index (χ3v) is 12.7. The highest BCUT2D eigenvalue weighted by Gasteiger charge is 2.78. The number of carbonyl (C=O) groups excluding carboxylic acids is 4. The summed E-state index contributed by atoms with van der Waals surface area (Å²) < 4.78 is 0. The summed E-state index contributed by atoms with van der Waals surface area (Å²) in [4.78, 5) is 61.7. The summed E-state index contributed by atoms with van der Waals surface area (Å²) in [5, 5.41) is 15.4. The highest BCUT2D eigenvalue weighted by Crippen LogP contribution is 2.69. The molecular weight excluding hydrogens is 625 g/mol. The first-order valence-electron chi connectivity index (χ1n) is 16.5. The fourth-order valence-electron chi connectivity index (χ4n) is 9.98. The standard InChI is InChI=1S/C37H32N6O4S/c44-30-26-18-36(21-11-4-6-13-23(21)39-34(36)42(26)32(46)25(38-30)17-20-9-2-1-3-10-20)37-19-27-31(45)41-29(28-15-8-16-48-28)33(47)43(27)35(37)40-24-14-7-5-12-22(24)37/h1-16,25-27,29,34-35,39-40H,17-19H2,(H,38,44)(H,41,45)/t25-,26-,27-,29-,34+,35+,36?,37?/m0/s1. The average molecular weight is 657 g/mol. The number of hydrogen-bond donors (Lipinski definition) is 4. The minimum absolute atomic E-state index is 0.134. The molecule has 10 nitrogen and oxygen atoms in total. The van der Waals surface area contributed by atoms with E-state index in [9.17, 15) is 19.2 Å². The molecule has 4 aromatic rings. The van der Waals surface area contributed by atoms with Crippen LogP contribution in [-0.2, 0) is 36.4 Å². The van der Waals surface area contributed by atoms with Crippen LogP contribution in [0.15, 0.2) is 96.4 Å². The number of fused-ring (bicyclic) bond motifs is 11. The zero-order valence-electron chi connectivity index (χ0n) is 25.8. The molecule has 4 amide bonds. The topological polar surface area (TPSA) is 123 Å². The lowest BCUT2D eigenvalue weighted by atomic mass is 9.54. The molecule has 48 heavy (non-hydrogen) atoms. The van der Waals surface area contributed by atoms with Gasteiger partial charge in [0.15, 0.2) is 0 Å². The monoisotopic (exact) mass is 656 g/mol. The molecule has 11 heteroatoms. The first-order chi connectivity index (χ1) is 23.4. The quantitative estimate of drug-likeness (QED) is 0.268. The Balaban J connectivity index is 1.16. The fourth-order valence-corrected chi connectivity index (χ4v) is 10.8. The second-order valence-corrected chi connectivity index (χ2v) is 14.7.